The van der Waals surface area contributed by atoms with Gasteiger partial charge in [-0.3, -0.25) is 0 Å². The number of anilines is 6. The van der Waals surface area contributed by atoms with Crippen molar-refractivity contribution in [1.82, 2.24) is 0 Å². The Kier molecular flexibility index (Phi) is 6.73. The molecule has 0 aliphatic carbocycles. The van der Waals surface area contributed by atoms with E-state index in [1.807, 2.05) is 11.3 Å². The second-order valence-electron chi connectivity index (χ2n) is 14.8. The Hall–Kier alpha value is -6.38. The van der Waals surface area contributed by atoms with E-state index >= 15 is 0 Å². The maximum atomic E-state index is 7.21. The van der Waals surface area contributed by atoms with Gasteiger partial charge in [-0.05, 0) is 116 Å². The van der Waals surface area contributed by atoms with Crippen molar-refractivity contribution in [3.05, 3.63) is 175 Å². The van der Waals surface area contributed by atoms with E-state index in [9.17, 15) is 0 Å². The van der Waals surface area contributed by atoms with Crippen LogP contribution in [0, 0.1) is 0 Å². The molecule has 0 saturated heterocycles. The second-order valence-corrected chi connectivity index (χ2v) is 17.8. The van der Waals surface area contributed by atoms with Gasteiger partial charge in [0.1, 0.15) is 5.58 Å². The van der Waals surface area contributed by atoms with Crippen LogP contribution in [0.2, 0.25) is 0 Å². The summed E-state index contributed by atoms with van der Waals surface area (Å²) in [6, 6.07) is 60.2. The van der Waals surface area contributed by atoms with E-state index in [2.05, 4.69) is 184 Å². The van der Waals surface area contributed by atoms with Gasteiger partial charge < -0.3 is 14.2 Å². The molecule has 0 bridgehead atoms. The number of hydrogen-bond donors (Lipinski definition) is 0. The zero-order chi connectivity index (χ0) is 37.2. The van der Waals surface area contributed by atoms with E-state index in [0.29, 0.717) is 0 Å². The van der Waals surface area contributed by atoms with E-state index in [1.165, 1.54) is 85.5 Å². The summed E-state index contributed by atoms with van der Waals surface area (Å²) in [6.45, 7) is -0.117. The van der Waals surface area contributed by atoms with Crippen LogP contribution in [-0.4, -0.2) is 6.71 Å². The molecule has 0 spiro atoms. The zero-order valence-electron chi connectivity index (χ0n) is 30.3. The Morgan fingerprint density at radius 2 is 1.04 bits per heavy atom. The van der Waals surface area contributed by atoms with Crippen LogP contribution in [0.5, 0.6) is 0 Å². The number of benzene rings is 7. The zero-order valence-corrected chi connectivity index (χ0v) is 32.8. The number of fused-ring (bicyclic) bond motifs is 10. The van der Waals surface area contributed by atoms with E-state index in [4.69, 9.17) is 4.42 Å². The maximum Gasteiger partial charge on any atom is 0.298 e. The smallest absolute Gasteiger partial charge is 0.298 e. The Balaban J connectivity index is 1.18. The van der Waals surface area contributed by atoms with Crippen molar-refractivity contribution in [3.63, 3.8) is 0 Å². The first-order valence-electron chi connectivity index (χ1n) is 19.2. The minimum atomic E-state index is -0.117. The molecule has 0 saturated carbocycles. The van der Waals surface area contributed by atoms with Crippen LogP contribution in [0.3, 0.4) is 0 Å². The molecule has 0 radical (unpaired) electrons. The van der Waals surface area contributed by atoms with Gasteiger partial charge in [0.05, 0.1) is 27.7 Å². The summed E-state index contributed by atoms with van der Waals surface area (Å²) in [7, 11) is 0. The summed E-state index contributed by atoms with van der Waals surface area (Å²) in [6.07, 6.45) is 0. The van der Waals surface area contributed by atoms with Crippen molar-refractivity contribution in [3.8, 4) is 22.3 Å². The molecule has 7 heteroatoms. The predicted octanol–water partition coefficient (Wildman–Crippen LogP) is 13.5. The van der Waals surface area contributed by atoms with Gasteiger partial charge in [-0.25, -0.2) is 0 Å². The highest BCUT2D eigenvalue weighted by atomic mass is 32.1. The second kappa shape index (κ2) is 12.1. The first-order chi connectivity index (χ1) is 28.3. The average molecular weight is 781 g/mol. The first kappa shape index (κ1) is 31.8. The number of rotatable bonds is 4. The maximum absolute atomic E-state index is 7.21. The molecule has 2 aliphatic rings. The van der Waals surface area contributed by atoms with E-state index < -0.39 is 0 Å². The summed E-state index contributed by atoms with van der Waals surface area (Å²) in [5.74, 6) is 0. The topological polar surface area (TPSA) is 19.6 Å². The van der Waals surface area contributed by atoms with Gasteiger partial charge in [0.15, 0.2) is 0 Å². The lowest BCUT2D eigenvalue weighted by atomic mass is 9.35. The van der Waals surface area contributed by atoms with Crippen molar-refractivity contribution in [2.24, 2.45) is 0 Å². The molecule has 6 heterocycles. The first-order valence-corrected chi connectivity index (χ1v) is 21.8. The SMILES string of the molecule is c1ccc(-c2cc3ccsc3cc2N2c3cccc4c3B(c3oc5ccccc5c3N4c3cc4sccc4cc3-c3ccccc3)c3c2sc2ccccc32)cc1. The van der Waals surface area contributed by atoms with Gasteiger partial charge in [-0.1, -0.05) is 97.1 Å². The Bertz CT molecular complexity index is 3400. The van der Waals surface area contributed by atoms with E-state index in [1.54, 1.807) is 22.7 Å². The standard InChI is InChI=1S/C50H29BN2OS3/c1-3-12-30(13-4-1)36-26-32-22-24-55-44(32)28-40(36)52-38-18-11-19-39-47(38)51(49-48(52)34-16-7-9-20-42(34)54-49)46-35-17-8-10-21-43(35)57-50(46)53(39)41-29-45-33(23-25-56-45)27-37(41)31-14-5-2-6-15-31/h1-29H. The monoisotopic (exact) mass is 780 g/mol. The fourth-order valence-electron chi connectivity index (χ4n) is 9.39. The Labute approximate surface area is 341 Å². The Morgan fingerprint density at radius 3 is 1.72 bits per heavy atom. The highest BCUT2D eigenvalue weighted by Gasteiger charge is 2.48. The lowest BCUT2D eigenvalue weighted by Crippen LogP contribution is -2.60. The molecule has 57 heavy (non-hydrogen) atoms. The molecule has 2 aliphatic heterocycles. The summed E-state index contributed by atoms with van der Waals surface area (Å²) < 4.78 is 11.0. The molecular weight excluding hydrogens is 752 g/mol. The molecule has 3 nitrogen and oxygen atoms in total. The lowest BCUT2D eigenvalue weighted by molar-refractivity contribution is 0.651. The lowest BCUT2D eigenvalue weighted by Gasteiger charge is -2.42. The minimum Gasteiger partial charge on any atom is -0.468 e. The molecule has 13 rings (SSSR count). The van der Waals surface area contributed by atoms with Crippen LogP contribution in [0.15, 0.2) is 179 Å². The largest absolute Gasteiger partial charge is 0.468 e. The number of hydrogen-bond acceptors (Lipinski definition) is 6. The Morgan fingerprint density at radius 1 is 0.456 bits per heavy atom. The molecule has 0 unspecified atom stereocenters. The van der Waals surface area contributed by atoms with Gasteiger partial charge in [0, 0.05) is 42.0 Å². The van der Waals surface area contributed by atoms with Crippen LogP contribution in [0.25, 0.3) is 63.5 Å². The third-order valence-corrected chi connectivity index (χ3v) is 14.7. The summed E-state index contributed by atoms with van der Waals surface area (Å²) in [4.78, 5) is 5.10. The highest BCUT2D eigenvalue weighted by molar-refractivity contribution is 7.26. The van der Waals surface area contributed by atoms with E-state index in [-0.39, 0.29) is 6.71 Å². The number of para-hydroxylation sites is 1. The van der Waals surface area contributed by atoms with Crippen molar-refractivity contribution in [1.29, 1.82) is 0 Å². The molecule has 7 aromatic carbocycles. The normalized spacial score (nSPS) is 13.2. The van der Waals surface area contributed by atoms with Crippen LogP contribution < -0.4 is 26.4 Å². The van der Waals surface area contributed by atoms with Gasteiger partial charge in [0.2, 0.25) is 0 Å². The summed E-state index contributed by atoms with van der Waals surface area (Å²) >= 11 is 5.48. The summed E-state index contributed by atoms with van der Waals surface area (Å²) in [5.41, 5.74) is 15.1. The van der Waals surface area contributed by atoms with Crippen molar-refractivity contribution in [2.75, 3.05) is 9.80 Å². The number of thiophene rings is 3. The quantitative estimate of drug-likeness (QED) is 0.166. The molecule has 4 aromatic heterocycles. The fraction of sp³-hybridized carbons (Fsp3) is 0. The average Bonchev–Trinajstić information content (AvgIpc) is 4.08. The van der Waals surface area contributed by atoms with Crippen molar-refractivity contribution in [2.45, 2.75) is 0 Å². The molecule has 0 fully saturated rings. The fourth-order valence-corrected chi connectivity index (χ4v) is 12.3. The van der Waals surface area contributed by atoms with Gasteiger partial charge in [-0.2, -0.15) is 0 Å². The van der Waals surface area contributed by atoms with Crippen LogP contribution in [0.1, 0.15) is 0 Å². The third-order valence-electron chi connectivity index (χ3n) is 11.8. The highest BCUT2D eigenvalue weighted by Crippen LogP contribution is 2.53. The van der Waals surface area contributed by atoms with Crippen LogP contribution in [0.4, 0.5) is 33.4 Å². The molecular formula is C50H29BN2OS3. The van der Waals surface area contributed by atoms with Gasteiger partial charge >= 0.3 is 0 Å². The van der Waals surface area contributed by atoms with Crippen molar-refractivity contribution < 1.29 is 4.42 Å². The predicted molar refractivity (Wildman–Crippen MR) is 247 cm³/mol. The molecule has 0 atom stereocenters. The minimum absolute atomic E-state index is 0.117. The molecule has 266 valence electrons. The van der Waals surface area contributed by atoms with Crippen LogP contribution >= 0.6 is 34.0 Å². The number of nitrogens with zero attached hydrogens (tertiary/aromatic N) is 2. The van der Waals surface area contributed by atoms with Crippen molar-refractivity contribution >= 4 is 132 Å². The summed E-state index contributed by atoms with van der Waals surface area (Å²) in [5, 5.41) is 10.6. The molecule has 0 amide bonds. The van der Waals surface area contributed by atoms with Crippen LogP contribution in [-0.2, 0) is 0 Å². The van der Waals surface area contributed by atoms with E-state index in [0.717, 1.165) is 28.0 Å². The number of furan rings is 1. The molecule has 11 aromatic rings. The van der Waals surface area contributed by atoms with Gasteiger partial charge in [-0.15, -0.1) is 34.0 Å². The third kappa shape index (κ3) is 4.53. The molecule has 0 N–H and O–H groups in total. The van der Waals surface area contributed by atoms with Gasteiger partial charge in [0.25, 0.3) is 6.71 Å².